The first-order chi connectivity index (χ1) is 8.16. The van der Waals surface area contributed by atoms with Crippen molar-refractivity contribution in [1.82, 2.24) is 0 Å². The maximum Gasteiger partial charge on any atom is 0.458 e. The Morgan fingerprint density at radius 3 is 1.42 bits per heavy atom. The Hall–Kier alpha value is -1.08. The second-order valence-corrected chi connectivity index (χ2v) is 3.65. The molecule has 1 aliphatic rings. The van der Waals surface area contributed by atoms with Crippen LogP contribution in [-0.4, -0.2) is 29.8 Å². The van der Waals surface area contributed by atoms with Crippen molar-refractivity contribution in [3.05, 3.63) is 0 Å². The van der Waals surface area contributed by atoms with Gasteiger partial charge in [-0.05, 0) is 6.92 Å². The lowest BCUT2D eigenvalue weighted by Gasteiger charge is -2.29. The molecule has 0 aromatic heterocycles. The monoisotopic (exact) mass is 300 g/mol. The van der Waals surface area contributed by atoms with Crippen molar-refractivity contribution in [2.75, 3.05) is 0 Å². The highest BCUT2D eigenvalue weighted by Gasteiger charge is 2.84. The van der Waals surface area contributed by atoms with Crippen LogP contribution in [-0.2, 0) is 9.47 Å². The van der Waals surface area contributed by atoms with Gasteiger partial charge in [0.15, 0.2) is 0 Å². The van der Waals surface area contributed by atoms with Crippen LogP contribution in [0, 0.1) is 12.8 Å². The van der Waals surface area contributed by atoms with Crippen LogP contribution in [0.2, 0.25) is 0 Å². The Labute approximate surface area is 102 Å². The molecule has 1 aliphatic heterocycles. The third kappa shape index (κ3) is 2.62. The number of hydrogen-bond donors (Lipinski definition) is 0. The molecule has 19 heavy (non-hydrogen) atoms. The van der Waals surface area contributed by atoms with Gasteiger partial charge in [-0.2, -0.15) is 26.3 Å². The molecule has 0 aromatic carbocycles. The summed E-state index contributed by atoms with van der Waals surface area (Å²) in [6, 6.07) is 0. The summed E-state index contributed by atoms with van der Waals surface area (Å²) in [6.07, 6.45) is -3.79. The molecule has 0 aromatic rings. The van der Waals surface area contributed by atoms with E-state index in [1.165, 1.54) is 0 Å². The Morgan fingerprint density at radius 2 is 1.26 bits per heavy atom. The van der Waals surface area contributed by atoms with E-state index in [0.717, 1.165) is 0 Å². The van der Waals surface area contributed by atoms with Gasteiger partial charge in [-0.25, -0.2) is 8.78 Å². The summed E-state index contributed by atoms with van der Waals surface area (Å²) in [7, 11) is 0. The van der Waals surface area contributed by atoms with Crippen LogP contribution in [0.5, 0.6) is 0 Å². The summed E-state index contributed by atoms with van der Waals surface area (Å²) in [5.41, 5.74) is 0. The number of terminal acetylenes is 1. The van der Waals surface area contributed by atoms with Gasteiger partial charge in [0, 0.05) is 6.92 Å². The molecular weight excluding hydrogens is 292 g/mol. The maximum atomic E-state index is 13.1. The number of ether oxygens (including phenoxy) is 2. The molecule has 2 atom stereocenters. The first kappa shape index (κ1) is 17.9. The predicted octanol–water partition coefficient (Wildman–Crippen LogP) is 3.47. The van der Waals surface area contributed by atoms with Gasteiger partial charge in [-0.15, -0.1) is 12.8 Å². The number of rotatable bonds is 1. The van der Waals surface area contributed by atoms with E-state index in [0.29, 0.717) is 0 Å². The van der Waals surface area contributed by atoms with Gasteiger partial charge in [0.2, 0.25) is 5.79 Å². The first-order valence-corrected chi connectivity index (χ1v) is 4.41. The largest absolute Gasteiger partial charge is 0.458 e. The fourth-order valence-corrected chi connectivity index (χ4v) is 1.06. The molecule has 10 heteroatoms. The van der Waals surface area contributed by atoms with E-state index in [1.807, 2.05) is 0 Å². The minimum Gasteiger partial charge on any atom is -0.293 e. The minimum absolute atomic E-state index is 0.0365. The van der Waals surface area contributed by atoms with E-state index in [9.17, 15) is 35.1 Å². The third-order valence-electron chi connectivity index (χ3n) is 2.19. The van der Waals surface area contributed by atoms with Crippen LogP contribution in [0.25, 0.3) is 0 Å². The average Bonchev–Trinajstić information content (AvgIpc) is 2.35. The summed E-state index contributed by atoms with van der Waals surface area (Å²) in [5, 5.41) is 0. The molecule has 2 unspecified atom stereocenters. The highest BCUT2D eigenvalue weighted by atomic mass is 19.4. The minimum atomic E-state index is -6.22. The lowest BCUT2D eigenvalue weighted by molar-refractivity contribution is -0.395. The van der Waals surface area contributed by atoms with Crippen LogP contribution in [0.15, 0.2) is 0 Å². The molecule has 0 spiro atoms. The predicted molar refractivity (Wildman–Crippen MR) is 45.9 cm³/mol. The standard InChI is InChI=1S/C7H6F8O2.C2H2/c1-3(8,9)4(2)16-5(10,6(11,12)13)7(14,15)17-4;1-2/h1-2H3;1-2H. The molecule has 0 bridgehead atoms. The molecule has 0 radical (unpaired) electrons. The van der Waals surface area contributed by atoms with Crippen LogP contribution in [0.4, 0.5) is 35.1 Å². The van der Waals surface area contributed by atoms with E-state index < -0.39 is 29.8 Å². The normalized spacial score (nSPS) is 34.5. The van der Waals surface area contributed by atoms with Crippen molar-refractivity contribution in [2.45, 2.75) is 43.7 Å². The van der Waals surface area contributed by atoms with Gasteiger partial charge in [-0.3, -0.25) is 9.47 Å². The zero-order valence-electron chi connectivity index (χ0n) is 9.49. The third-order valence-corrected chi connectivity index (χ3v) is 2.19. The molecule has 0 aliphatic carbocycles. The lowest BCUT2D eigenvalue weighted by atomic mass is 10.2. The van der Waals surface area contributed by atoms with E-state index in [1.54, 1.807) is 0 Å². The average molecular weight is 300 g/mol. The molecule has 112 valence electrons. The van der Waals surface area contributed by atoms with Crippen molar-refractivity contribution < 1.29 is 44.6 Å². The van der Waals surface area contributed by atoms with Crippen molar-refractivity contribution in [3.8, 4) is 12.8 Å². The van der Waals surface area contributed by atoms with Crippen LogP contribution in [0.3, 0.4) is 0 Å². The number of halogens is 8. The second-order valence-electron chi connectivity index (χ2n) is 3.65. The summed E-state index contributed by atoms with van der Waals surface area (Å²) in [6.45, 7) is 0.0547. The van der Waals surface area contributed by atoms with Crippen LogP contribution < -0.4 is 0 Å². The Morgan fingerprint density at radius 1 is 0.895 bits per heavy atom. The SMILES string of the molecule is C#C.CC(F)(F)C1(C)OC(F)(F)C(F)(C(F)(F)F)O1. The fraction of sp³-hybridized carbons (Fsp3) is 0.778. The first-order valence-electron chi connectivity index (χ1n) is 4.41. The molecule has 1 saturated heterocycles. The maximum absolute atomic E-state index is 13.1. The molecule has 0 amide bonds. The molecule has 0 N–H and O–H groups in total. The zero-order chi connectivity index (χ0) is 15.9. The van der Waals surface area contributed by atoms with Crippen molar-refractivity contribution >= 4 is 0 Å². The van der Waals surface area contributed by atoms with Gasteiger partial charge in [0.05, 0.1) is 0 Å². The van der Waals surface area contributed by atoms with Crippen molar-refractivity contribution in [3.63, 3.8) is 0 Å². The van der Waals surface area contributed by atoms with Crippen molar-refractivity contribution in [2.24, 2.45) is 0 Å². The highest BCUT2D eigenvalue weighted by Crippen LogP contribution is 2.58. The topological polar surface area (TPSA) is 18.5 Å². The van der Waals surface area contributed by atoms with Crippen molar-refractivity contribution in [1.29, 1.82) is 0 Å². The van der Waals surface area contributed by atoms with Gasteiger partial charge < -0.3 is 0 Å². The Balaban J connectivity index is 0.00000154. The molecule has 1 fully saturated rings. The van der Waals surface area contributed by atoms with Gasteiger partial charge in [0.25, 0.3) is 5.92 Å². The zero-order valence-corrected chi connectivity index (χ0v) is 9.49. The fourth-order valence-electron chi connectivity index (χ4n) is 1.06. The molecule has 1 rings (SSSR count). The van der Waals surface area contributed by atoms with Gasteiger partial charge >= 0.3 is 18.1 Å². The molecule has 1 heterocycles. The van der Waals surface area contributed by atoms with E-state index in [4.69, 9.17) is 0 Å². The highest BCUT2D eigenvalue weighted by molar-refractivity contribution is 4.98. The van der Waals surface area contributed by atoms with E-state index in [-0.39, 0.29) is 13.8 Å². The number of alkyl halides is 8. The van der Waals surface area contributed by atoms with E-state index >= 15 is 0 Å². The molecular formula is C9H8F8O2. The van der Waals surface area contributed by atoms with Crippen LogP contribution >= 0.6 is 0 Å². The Kier molecular flexibility index (Phi) is 4.23. The van der Waals surface area contributed by atoms with Crippen LogP contribution in [0.1, 0.15) is 13.8 Å². The number of hydrogen-bond acceptors (Lipinski definition) is 2. The van der Waals surface area contributed by atoms with E-state index in [2.05, 4.69) is 22.3 Å². The smallest absolute Gasteiger partial charge is 0.293 e. The second kappa shape index (κ2) is 4.49. The summed E-state index contributed by atoms with van der Waals surface area (Å²) < 4.78 is 107. The Bertz CT molecular complexity index is 357. The van der Waals surface area contributed by atoms with Gasteiger partial charge in [0.1, 0.15) is 0 Å². The lowest BCUT2D eigenvalue weighted by Crippen LogP contribution is -2.53. The van der Waals surface area contributed by atoms with Gasteiger partial charge in [-0.1, -0.05) is 0 Å². The molecule has 0 saturated carbocycles. The molecule has 2 nitrogen and oxygen atoms in total. The summed E-state index contributed by atoms with van der Waals surface area (Å²) in [4.78, 5) is 0. The summed E-state index contributed by atoms with van der Waals surface area (Å²) >= 11 is 0. The quantitative estimate of drug-likeness (QED) is 0.545. The summed E-state index contributed by atoms with van der Waals surface area (Å²) in [5.74, 6) is -13.6.